The van der Waals surface area contributed by atoms with Crippen LogP contribution in [0.5, 0.6) is 5.75 Å². The van der Waals surface area contributed by atoms with Gasteiger partial charge < -0.3 is 19.8 Å². The minimum absolute atomic E-state index is 0.0316. The number of likely N-dealkylation sites (tertiary alicyclic amines) is 1. The molecule has 5 atom stereocenters. The monoisotopic (exact) mass is 432 g/mol. The fraction of sp³-hybridized carbons (Fsp3) is 0.609. The SMILES string of the molecule is CCOC(=O)[C@H](CCc1ccc(O)cc1)N[C@@H](C)C(=O)N1[C@H](C(=O)O)C[C@@H]2CCC[C@@H]21. The molecule has 1 heterocycles. The van der Waals surface area contributed by atoms with Gasteiger partial charge in [0.05, 0.1) is 12.6 Å². The number of phenols is 1. The number of esters is 1. The molecule has 2 fully saturated rings. The van der Waals surface area contributed by atoms with Gasteiger partial charge in [-0.15, -0.1) is 0 Å². The molecule has 3 N–H and O–H groups in total. The van der Waals surface area contributed by atoms with Gasteiger partial charge in [0.15, 0.2) is 0 Å². The highest BCUT2D eigenvalue weighted by molar-refractivity contribution is 5.88. The number of fused-ring (bicyclic) bond motifs is 1. The fourth-order valence-electron chi connectivity index (χ4n) is 4.91. The molecule has 1 aromatic rings. The number of aromatic hydroxyl groups is 1. The molecule has 1 aliphatic carbocycles. The van der Waals surface area contributed by atoms with Crippen LogP contribution < -0.4 is 5.32 Å². The lowest BCUT2D eigenvalue weighted by Gasteiger charge is -2.31. The fourth-order valence-corrected chi connectivity index (χ4v) is 4.91. The van der Waals surface area contributed by atoms with E-state index in [-0.39, 0.29) is 30.2 Å². The van der Waals surface area contributed by atoms with Gasteiger partial charge in [-0.1, -0.05) is 18.6 Å². The second-order valence-electron chi connectivity index (χ2n) is 8.49. The van der Waals surface area contributed by atoms with E-state index in [0.717, 1.165) is 24.8 Å². The van der Waals surface area contributed by atoms with Crippen LogP contribution in [-0.4, -0.2) is 63.7 Å². The largest absolute Gasteiger partial charge is 0.508 e. The zero-order chi connectivity index (χ0) is 22.5. The van der Waals surface area contributed by atoms with Crippen molar-refractivity contribution in [1.29, 1.82) is 0 Å². The standard InChI is InChI=1S/C23H32N2O6/c1-3-31-23(30)18(12-9-15-7-10-17(26)11-8-15)24-14(2)21(27)25-19-6-4-5-16(19)13-20(25)22(28)29/h7-8,10-11,14,16,18-20,24,26H,3-6,9,12-13H2,1-2H3,(H,28,29)/t14-,16-,18-,19-,20-/m0/s1. The summed E-state index contributed by atoms with van der Waals surface area (Å²) in [7, 11) is 0. The Morgan fingerprint density at radius 3 is 2.58 bits per heavy atom. The van der Waals surface area contributed by atoms with Gasteiger partial charge >= 0.3 is 11.9 Å². The average Bonchev–Trinajstić information content (AvgIpc) is 3.33. The van der Waals surface area contributed by atoms with Gasteiger partial charge in [-0.05, 0) is 69.6 Å². The van der Waals surface area contributed by atoms with E-state index in [0.29, 0.717) is 19.3 Å². The molecule has 3 rings (SSSR count). The maximum atomic E-state index is 13.3. The molecule has 1 saturated carbocycles. The Morgan fingerprint density at radius 2 is 1.94 bits per heavy atom. The number of phenolic OH excluding ortho intramolecular Hbond substituents is 1. The molecule has 1 amide bonds. The van der Waals surface area contributed by atoms with E-state index in [1.807, 2.05) is 0 Å². The molecule has 0 aromatic heterocycles. The van der Waals surface area contributed by atoms with Crippen LogP contribution >= 0.6 is 0 Å². The first-order chi connectivity index (χ1) is 14.8. The molecule has 0 bridgehead atoms. The summed E-state index contributed by atoms with van der Waals surface area (Å²) in [6, 6.07) is 4.51. The topological polar surface area (TPSA) is 116 Å². The molecular formula is C23H32N2O6. The molecule has 0 radical (unpaired) electrons. The number of amides is 1. The maximum Gasteiger partial charge on any atom is 0.326 e. The Balaban J connectivity index is 1.68. The predicted molar refractivity (Wildman–Crippen MR) is 113 cm³/mol. The third-order valence-electron chi connectivity index (χ3n) is 6.43. The van der Waals surface area contributed by atoms with Crippen molar-refractivity contribution in [3.8, 4) is 5.75 Å². The van der Waals surface area contributed by atoms with Crippen LogP contribution in [0.2, 0.25) is 0 Å². The number of nitrogens with one attached hydrogen (secondary N) is 1. The van der Waals surface area contributed by atoms with Crippen LogP contribution in [0.1, 0.15) is 51.5 Å². The molecule has 8 heteroatoms. The third kappa shape index (κ3) is 5.36. The summed E-state index contributed by atoms with van der Waals surface area (Å²) >= 11 is 0. The van der Waals surface area contributed by atoms with E-state index >= 15 is 0 Å². The quantitative estimate of drug-likeness (QED) is 0.512. The van der Waals surface area contributed by atoms with E-state index in [9.17, 15) is 24.6 Å². The number of benzene rings is 1. The number of carboxylic acid groups (broad SMARTS) is 1. The van der Waals surface area contributed by atoms with Crippen LogP contribution in [0.15, 0.2) is 24.3 Å². The van der Waals surface area contributed by atoms with E-state index < -0.39 is 30.1 Å². The molecule has 0 spiro atoms. The first kappa shape index (κ1) is 23.1. The van der Waals surface area contributed by atoms with Gasteiger partial charge in [0.1, 0.15) is 17.8 Å². The number of carbonyl (C=O) groups is 3. The van der Waals surface area contributed by atoms with E-state index in [1.54, 1.807) is 43.0 Å². The van der Waals surface area contributed by atoms with E-state index in [1.165, 1.54) is 0 Å². The Kier molecular flexibility index (Phi) is 7.54. The van der Waals surface area contributed by atoms with Gasteiger partial charge in [-0.2, -0.15) is 0 Å². The van der Waals surface area contributed by atoms with Crippen LogP contribution in [-0.2, 0) is 25.5 Å². The second kappa shape index (κ2) is 10.1. The minimum atomic E-state index is -0.968. The third-order valence-corrected chi connectivity index (χ3v) is 6.43. The highest BCUT2D eigenvalue weighted by Gasteiger charge is 2.49. The molecule has 2 aliphatic rings. The number of hydrogen-bond acceptors (Lipinski definition) is 6. The van der Waals surface area contributed by atoms with E-state index in [4.69, 9.17) is 4.74 Å². The van der Waals surface area contributed by atoms with Crippen molar-refractivity contribution < 1.29 is 29.3 Å². The van der Waals surface area contributed by atoms with Gasteiger partial charge in [0.2, 0.25) is 5.91 Å². The van der Waals surface area contributed by atoms with Gasteiger partial charge in [0.25, 0.3) is 0 Å². The number of aryl methyl sites for hydroxylation is 1. The lowest BCUT2D eigenvalue weighted by atomic mass is 10.0. The number of hydrogen-bond donors (Lipinski definition) is 3. The lowest BCUT2D eigenvalue weighted by Crippen LogP contribution is -2.55. The van der Waals surface area contributed by atoms with Crippen LogP contribution in [0, 0.1) is 5.92 Å². The van der Waals surface area contributed by atoms with Crippen LogP contribution in [0.4, 0.5) is 0 Å². The normalized spacial score (nSPS) is 24.5. The molecule has 8 nitrogen and oxygen atoms in total. The lowest BCUT2D eigenvalue weighted by molar-refractivity contribution is -0.151. The maximum absolute atomic E-state index is 13.3. The number of carboxylic acids is 1. The van der Waals surface area contributed by atoms with Crippen molar-refractivity contribution in [1.82, 2.24) is 10.2 Å². The molecule has 0 unspecified atom stereocenters. The highest BCUT2D eigenvalue weighted by atomic mass is 16.5. The number of aliphatic carboxylic acids is 1. The Bertz CT molecular complexity index is 796. The summed E-state index contributed by atoms with van der Waals surface area (Å²) in [5.74, 6) is -1.26. The number of rotatable bonds is 9. The van der Waals surface area contributed by atoms with Crippen molar-refractivity contribution in [3.05, 3.63) is 29.8 Å². The summed E-state index contributed by atoms with van der Waals surface area (Å²) in [5.41, 5.74) is 0.951. The van der Waals surface area contributed by atoms with Crippen molar-refractivity contribution in [2.75, 3.05) is 6.61 Å². The van der Waals surface area contributed by atoms with Crippen molar-refractivity contribution >= 4 is 17.8 Å². The Labute approximate surface area is 182 Å². The number of ether oxygens (including phenoxy) is 1. The Hall–Kier alpha value is -2.61. The van der Waals surface area contributed by atoms with Crippen LogP contribution in [0.3, 0.4) is 0 Å². The second-order valence-corrected chi connectivity index (χ2v) is 8.49. The molecule has 1 saturated heterocycles. The smallest absolute Gasteiger partial charge is 0.326 e. The summed E-state index contributed by atoms with van der Waals surface area (Å²) in [6.45, 7) is 3.64. The van der Waals surface area contributed by atoms with Gasteiger partial charge in [-0.3, -0.25) is 14.9 Å². The molecule has 31 heavy (non-hydrogen) atoms. The molecule has 170 valence electrons. The van der Waals surface area contributed by atoms with Crippen molar-refractivity contribution in [2.24, 2.45) is 5.92 Å². The average molecular weight is 433 g/mol. The summed E-state index contributed by atoms with van der Waals surface area (Å²) in [5, 5.41) is 22.2. The number of nitrogens with zero attached hydrogens (tertiary/aromatic N) is 1. The zero-order valence-corrected chi connectivity index (χ0v) is 18.1. The first-order valence-corrected chi connectivity index (χ1v) is 11.1. The van der Waals surface area contributed by atoms with E-state index in [2.05, 4.69) is 5.32 Å². The first-order valence-electron chi connectivity index (χ1n) is 11.1. The van der Waals surface area contributed by atoms with Crippen molar-refractivity contribution in [2.45, 2.75) is 76.5 Å². The van der Waals surface area contributed by atoms with Gasteiger partial charge in [0, 0.05) is 6.04 Å². The highest BCUT2D eigenvalue weighted by Crippen LogP contribution is 2.41. The van der Waals surface area contributed by atoms with Crippen molar-refractivity contribution in [3.63, 3.8) is 0 Å². The Morgan fingerprint density at radius 1 is 1.23 bits per heavy atom. The molecular weight excluding hydrogens is 400 g/mol. The summed E-state index contributed by atoms with van der Waals surface area (Å²) in [4.78, 5) is 39.1. The van der Waals surface area contributed by atoms with Gasteiger partial charge in [-0.25, -0.2) is 4.79 Å². The summed E-state index contributed by atoms with van der Waals surface area (Å²) < 4.78 is 5.19. The van der Waals surface area contributed by atoms with Crippen LogP contribution in [0.25, 0.3) is 0 Å². The molecule has 1 aromatic carbocycles. The minimum Gasteiger partial charge on any atom is -0.508 e. The number of carbonyl (C=O) groups excluding carboxylic acids is 2. The zero-order valence-electron chi connectivity index (χ0n) is 18.1. The summed E-state index contributed by atoms with van der Waals surface area (Å²) in [6.07, 6.45) is 4.26. The predicted octanol–water partition coefficient (Wildman–Crippen LogP) is 2.09. The molecule has 1 aliphatic heterocycles.